The highest BCUT2D eigenvalue weighted by Crippen LogP contribution is 2.25. The van der Waals surface area contributed by atoms with Crippen LogP contribution < -0.4 is 0 Å². The molecule has 1 aromatic rings. The molecule has 2 aliphatic heterocycles. The SMILES string of the molecule is CCC[C@H](C(=O)N1CCC[C@@H](C(=O)N2CCCCCC2)C1)n1nc(C)cc1C. The minimum absolute atomic E-state index is 0.0430. The summed E-state index contributed by atoms with van der Waals surface area (Å²) in [5.74, 6) is 0.345. The summed E-state index contributed by atoms with van der Waals surface area (Å²) >= 11 is 0. The highest BCUT2D eigenvalue weighted by molar-refractivity contribution is 5.83. The zero-order valence-electron chi connectivity index (χ0n) is 17.8. The third-order valence-corrected chi connectivity index (χ3v) is 6.19. The zero-order chi connectivity index (χ0) is 20.1. The van der Waals surface area contributed by atoms with Crippen LogP contribution in [0.25, 0.3) is 0 Å². The number of likely N-dealkylation sites (tertiary alicyclic amines) is 2. The molecule has 0 unspecified atom stereocenters. The van der Waals surface area contributed by atoms with Crippen LogP contribution in [0.1, 0.15) is 75.7 Å². The third-order valence-electron chi connectivity index (χ3n) is 6.19. The van der Waals surface area contributed by atoms with Crippen molar-refractivity contribution in [2.75, 3.05) is 26.2 Å². The lowest BCUT2D eigenvalue weighted by Crippen LogP contribution is -2.48. The van der Waals surface area contributed by atoms with Gasteiger partial charge in [0.15, 0.2) is 0 Å². The van der Waals surface area contributed by atoms with Crippen LogP contribution in [0.3, 0.4) is 0 Å². The van der Waals surface area contributed by atoms with Gasteiger partial charge in [0.25, 0.3) is 0 Å². The number of nitrogens with zero attached hydrogens (tertiary/aromatic N) is 4. The maximum atomic E-state index is 13.4. The molecule has 2 atom stereocenters. The van der Waals surface area contributed by atoms with Crippen LogP contribution in [0.2, 0.25) is 0 Å². The van der Waals surface area contributed by atoms with Gasteiger partial charge in [0.05, 0.1) is 11.6 Å². The van der Waals surface area contributed by atoms with Crippen molar-refractivity contribution in [3.05, 3.63) is 17.5 Å². The van der Waals surface area contributed by atoms with E-state index in [4.69, 9.17) is 0 Å². The van der Waals surface area contributed by atoms with E-state index in [9.17, 15) is 9.59 Å². The Morgan fingerprint density at radius 2 is 1.75 bits per heavy atom. The Balaban J connectivity index is 1.70. The van der Waals surface area contributed by atoms with Gasteiger partial charge in [0, 0.05) is 31.9 Å². The first kappa shape index (κ1) is 20.9. The van der Waals surface area contributed by atoms with E-state index in [2.05, 4.69) is 16.9 Å². The summed E-state index contributed by atoms with van der Waals surface area (Å²) in [5.41, 5.74) is 1.97. The van der Waals surface area contributed by atoms with Crippen LogP contribution in [0.5, 0.6) is 0 Å². The Bertz CT molecular complexity index is 676. The van der Waals surface area contributed by atoms with Gasteiger partial charge in [-0.3, -0.25) is 14.3 Å². The number of aryl methyl sites for hydroxylation is 2. The molecule has 0 N–H and O–H groups in total. The molecule has 3 heterocycles. The van der Waals surface area contributed by atoms with Crippen LogP contribution in [0.4, 0.5) is 0 Å². The second kappa shape index (κ2) is 9.57. The van der Waals surface area contributed by atoms with Crippen molar-refractivity contribution in [3.8, 4) is 0 Å². The molecule has 2 amide bonds. The van der Waals surface area contributed by atoms with Crippen molar-refractivity contribution in [1.82, 2.24) is 19.6 Å². The molecule has 0 radical (unpaired) electrons. The summed E-state index contributed by atoms with van der Waals surface area (Å²) in [4.78, 5) is 30.4. The molecule has 2 saturated heterocycles. The van der Waals surface area contributed by atoms with Gasteiger partial charge in [0.1, 0.15) is 6.04 Å². The monoisotopic (exact) mass is 388 g/mol. The van der Waals surface area contributed by atoms with E-state index in [1.807, 2.05) is 29.5 Å². The van der Waals surface area contributed by atoms with E-state index in [0.717, 1.165) is 69.5 Å². The van der Waals surface area contributed by atoms with E-state index in [1.165, 1.54) is 12.8 Å². The van der Waals surface area contributed by atoms with E-state index in [-0.39, 0.29) is 23.8 Å². The lowest BCUT2D eigenvalue weighted by Gasteiger charge is -2.36. The molecule has 0 aromatic carbocycles. The molecule has 6 nitrogen and oxygen atoms in total. The molecular formula is C22H36N4O2. The minimum atomic E-state index is -0.259. The van der Waals surface area contributed by atoms with Gasteiger partial charge in [0.2, 0.25) is 11.8 Å². The molecule has 1 aromatic heterocycles. The summed E-state index contributed by atoms with van der Waals surface area (Å²) in [5, 5.41) is 4.58. The summed E-state index contributed by atoms with van der Waals surface area (Å²) in [6.07, 6.45) is 8.18. The van der Waals surface area contributed by atoms with Crippen LogP contribution >= 0.6 is 0 Å². The van der Waals surface area contributed by atoms with Crippen LogP contribution in [-0.4, -0.2) is 57.6 Å². The molecule has 28 heavy (non-hydrogen) atoms. The second-order valence-corrected chi connectivity index (χ2v) is 8.54. The molecule has 0 spiro atoms. The summed E-state index contributed by atoms with van der Waals surface area (Å²) in [6.45, 7) is 9.16. The van der Waals surface area contributed by atoms with Crippen molar-refractivity contribution in [2.24, 2.45) is 5.92 Å². The van der Waals surface area contributed by atoms with E-state index >= 15 is 0 Å². The van der Waals surface area contributed by atoms with Gasteiger partial charge < -0.3 is 9.80 Å². The zero-order valence-corrected chi connectivity index (χ0v) is 17.8. The molecule has 0 aliphatic carbocycles. The third kappa shape index (κ3) is 4.76. The van der Waals surface area contributed by atoms with Crippen molar-refractivity contribution < 1.29 is 9.59 Å². The highest BCUT2D eigenvalue weighted by Gasteiger charge is 2.34. The average Bonchev–Trinajstić information content (AvgIpc) is 2.89. The van der Waals surface area contributed by atoms with Gasteiger partial charge in [-0.2, -0.15) is 5.10 Å². The highest BCUT2D eigenvalue weighted by atomic mass is 16.2. The number of rotatable bonds is 5. The summed E-state index contributed by atoms with van der Waals surface area (Å²) in [6, 6.07) is 1.77. The molecule has 0 saturated carbocycles. The van der Waals surface area contributed by atoms with Gasteiger partial charge in [-0.1, -0.05) is 26.2 Å². The first-order valence-corrected chi connectivity index (χ1v) is 11.1. The van der Waals surface area contributed by atoms with E-state index in [1.54, 1.807) is 0 Å². The molecule has 2 fully saturated rings. The summed E-state index contributed by atoms with van der Waals surface area (Å²) < 4.78 is 1.89. The predicted molar refractivity (Wildman–Crippen MR) is 110 cm³/mol. The Hall–Kier alpha value is -1.85. The van der Waals surface area contributed by atoms with E-state index < -0.39 is 0 Å². The number of amides is 2. The van der Waals surface area contributed by atoms with E-state index in [0.29, 0.717) is 6.54 Å². The van der Waals surface area contributed by atoms with Gasteiger partial charge in [-0.25, -0.2) is 0 Å². The lowest BCUT2D eigenvalue weighted by molar-refractivity contribution is -0.142. The maximum absolute atomic E-state index is 13.4. The van der Waals surface area contributed by atoms with Gasteiger partial charge in [-0.05, 0) is 52.0 Å². The van der Waals surface area contributed by atoms with Crippen molar-refractivity contribution in [2.45, 2.75) is 78.2 Å². The molecule has 6 heteroatoms. The van der Waals surface area contributed by atoms with Gasteiger partial charge in [-0.15, -0.1) is 0 Å². The lowest BCUT2D eigenvalue weighted by atomic mass is 9.95. The molecule has 156 valence electrons. The average molecular weight is 389 g/mol. The Morgan fingerprint density at radius 3 is 2.36 bits per heavy atom. The smallest absolute Gasteiger partial charge is 0.247 e. The number of carbonyl (C=O) groups excluding carboxylic acids is 2. The first-order valence-electron chi connectivity index (χ1n) is 11.1. The Labute approximate surface area is 169 Å². The quantitative estimate of drug-likeness (QED) is 0.776. The van der Waals surface area contributed by atoms with Crippen LogP contribution in [-0.2, 0) is 9.59 Å². The maximum Gasteiger partial charge on any atom is 0.247 e. The molecule has 0 bridgehead atoms. The summed E-state index contributed by atoms with van der Waals surface area (Å²) in [7, 11) is 0. The standard InChI is InChI=1S/C22H36N4O2/c1-4-10-20(26-18(3)15-17(2)23-26)22(28)25-14-9-11-19(16-25)21(27)24-12-7-5-6-8-13-24/h15,19-20H,4-14,16H2,1-3H3/t19-,20-/m1/s1. The van der Waals surface area contributed by atoms with Crippen molar-refractivity contribution in [3.63, 3.8) is 0 Å². The molecule has 2 aliphatic rings. The van der Waals surface area contributed by atoms with Crippen LogP contribution in [0.15, 0.2) is 6.07 Å². The predicted octanol–water partition coefficient (Wildman–Crippen LogP) is 3.48. The fraction of sp³-hybridized carbons (Fsp3) is 0.773. The van der Waals surface area contributed by atoms with Crippen molar-refractivity contribution in [1.29, 1.82) is 0 Å². The number of hydrogen-bond acceptors (Lipinski definition) is 3. The fourth-order valence-electron chi connectivity index (χ4n) is 4.72. The second-order valence-electron chi connectivity index (χ2n) is 8.54. The van der Waals surface area contributed by atoms with Crippen LogP contribution in [0, 0.1) is 19.8 Å². The number of hydrogen-bond donors (Lipinski definition) is 0. The number of piperidine rings is 1. The number of carbonyl (C=O) groups is 2. The number of aromatic nitrogens is 2. The fourth-order valence-corrected chi connectivity index (χ4v) is 4.72. The van der Waals surface area contributed by atoms with Gasteiger partial charge >= 0.3 is 0 Å². The minimum Gasteiger partial charge on any atom is -0.342 e. The molecule has 3 rings (SSSR count). The largest absolute Gasteiger partial charge is 0.342 e. The Morgan fingerprint density at radius 1 is 1.07 bits per heavy atom. The Kier molecular flexibility index (Phi) is 7.13. The molecular weight excluding hydrogens is 352 g/mol. The normalized spacial score (nSPS) is 22.0. The van der Waals surface area contributed by atoms with Crippen molar-refractivity contribution >= 4 is 11.8 Å². The topological polar surface area (TPSA) is 58.4 Å². The first-order chi connectivity index (χ1) is 13.5.